The number of benzene rings is 2. The van der Waals surface area contributed by atoms with E-state index in [0.717, 1.165) is 5.56 Å². The van der Waals surface area contributed by atoms with Crippen LogP contribution in [0.5, 0.6) is 0 Å². The Bertz CT molecular complexity index is 1010. The summed E-state index contributed by atoms with van der Waals surface area (Å²) in [4.78, 5) is 31.1. The van der Waals surface area contributed by atoms with Crippen LogP contribution in [0.25, 0.3) is 0 Å². The molecule has 0 bridgehead atoms. The second kappa shape index (κ2) is 9.27. The van der Waals surface area contributed by atoms with E-state index < -0.39 is 10.9 Å². The summed E-state index contributed by atoms with van der Waals surface area (Å²) in [5.41, 5.74) is 1.38. The minimum atomic E-state index is -0.564. The van der Waals surface area contributed by atoms with Gasteiger partial charge in [-0.25, -0.2) is 14.8 Å². The van der Waals surface area contributed by atoms with E-state index >= 15 is 0 Å². The fourth-order valence-corrected chi connectivity index (χ4v) is 2.75. The van der Waals surface area contributed by atoms with Gasteiger partial charge < -0.3 is 15.4 Å². The van der Waals surface area contributed by atoms with Crippen molar-refractivity contribution in [1.82, 2.24) is 9.97 Å². The molecule has 1 heterocycles. The molecule has 3 rings (SSSR count). The molecule has 0 atom stereocenters. The summed E-state index contributed by atoms with van der Waals surface area (Å²) in [5.74, 6) is -0.492. The first-order valence-electron chi connectivity index (χ1n) is 8.81. The van der Waals surface area contributed by atoms with Crippen molar-refractivity contribution in [3.8, 4) is 0 Å². The Balaban J connectivity index is 1.84. The van der Waals surface area contributed by atoms with Crippen LogP contribution in [0.15, 0.2) is 60.9 Å². The number of nitrogens with zero attached hydrogens (tertiary/aromatic N) is 3. The summed E-state index contributed by atoms with van der Waals surface area (Å²) in [6, 6.07) is 16.3. The van der Waals surface area contributed by atoms with Gasteiger partial charge >= 0.3 is 11.7 Å². The Morgan fingerprint density at radius 3 is 2.48 bits per heavy atom. The van der Waals surface area contributed by atoms with Gasteiger partial charge in [0.25, 0.3) is 0 Å². The lowest BCUT2D eigenvalue weighted by Gasteiger charge is -2.12. The molecule has 0 saturated heterocycles. The molecule has 0 unspecified atom stereocenters. The van der Waals surface area contributed by atoms with Gasteiger partial charge in [0, 0.05) is 6.54 Å². The van der Waals surface area contributed by atoms with E-state index in [-0.39, 0.29) is 22.9 Å². The highest BCUT2D eigenvalue weighted by Crippen LogP contribution is 2.32. The molecule has 2 aromatic carbocycles. The van der Waals surface area contributed by atoms with Crippen molar-refractivity contribution in [1.29, 1.82) is 0 Å². The second-order valence-electron chi connectivity index (χ2n) is 6.00. The van der Waals surface area contributed by atoms with Crippen molar-refractivity contribution in [2.45, 2.75) is 6.42 Å². The van der Waals surface area contributed by atoms with E-state index in [1.807, 2.05) is 30.3 Å². The zero-order valence-electron chi connectivity index (χ0n) is 15.7. The Hall–Kier alpha value is -4.01. The molecule has 148 valence electrons. The first-order valence-corrected chi connectivity index (χ1v) is 8.81. The van der Waals surface area contributed by atoms with Gasteiger partial charge in [0.05, 0.1) is 23.3 Å². The molecular formula is C20H19N5O4. The predicted molar refractivity (Wildman–Crippen MR) is 108 cm³/mol. The molecule has 1 aromatic heterocycles. The number of nitro groups is 1. The van der Waals surface area contributed by atoms with Crippen LogP contribution < -0.4 is 10.6 Å². The molecule has 0 aliphatic carbocycles. The highest BCUT2D eigenvalue weighted by Gasteiger charge is 2.24. The highest BCUT2D eigenvalue weighted by atomic mass is 16.6. The van der Waals surface area contributed by atoms with Crippen molar-refractivity contribution >= 4 is 29.0 Å². The van der Waals surface area contributed by atoms with Crippen LogP contribution in [0.1, 0.15) is 15.9 Å². The van der Waals surface area contributed by atoms with Crippen molar-refractivity contribution in [2.24, 2.45) is 0 Å². The fraction of sp³-hybridized carbons (Fsp3) is 0.150. The third kappa shape index (κ3) is 4.83. The minimum Gasteiger partial charge on any atom is -0.465 e. The number of esters is 1. The summed E-state index contributed by atoms with van der Waals surface area (Å²) in [6.45, 7) is 0.458. The monoisotopic (exact) mass is 393 g/mol. The van der Waals surface area contributed by atoms with E-state index in [1.54, 1.807) is 24.3 Å². The molecule has 29 heavy (non-hydrogen) atoms. The highest BCUT2D eigenvalue weighted by molar-refractivity contribution is 5.96. The molecule has 0 aliphatic rings. The van der Waals surface area contributed by atoms with Crippen LogP contribution in [0.3, 0.4) is 0 Å². The zero-order chi connectivity index (χ0) is 20.6. The first kappa shape index (κ1) is 19.7. The number of rotatable bonds is 8. The zero-order valence-corrected chi connectivity index (χ0v) is 15.7. The van der Waals surface area contributed by atoms with Gasteiger partial charge in [0.15, 0.2) is 0 Å². The average molecular weight is 393 g/mol. The van der Waals surface area contributed by atoms with Crippen molar-refractivity contribution in [3.05, 3.63) is 82.2 Å². The van der Waals surface area contributed by atoms with Crippen molar-refractivity contribution in [3.63, 3.8) is 0 Å². The van der Waals surface area contributed by atoms with Gasteiger partial charge in [-0.1, -0.05) is 42.5 Å². The Labute approximate surface area is 166 Å². The molecule has 9 heteroatoms. The number of aromatic nitrogens is 2. The van der Waals surface area contributed by atoms with E-state index in [2.05, 4.69) is 20.6 Å². The smallest absolute Gasteiger partial charge is 0.353 e. The second-order valence-corrected chi connectivity index (χ2v) is 6.00. The first-order chi connectivity index (χ1) is 14.1. The number of hydrogen-bond acceptors (Lipinski definition) is 8. The van der Waals surface area contributed by atoms with Crippen LogP contribution in [-0.4, -0.2) is 34.5 Å². The predicted octanol–water partition coefficient (Wildman–Crippen LogP) is 3.57. The molecule has 0 amide bonds. The lowest BCUT2D eigenvalue weighted by molar-refractivity contribution is -0.383. The maximum atomic E-state index is 11.9. The van der Waals surface area contributed by atoms with Gasteiger partial charge in [0.1, 0.15) is 6.33 Å². The van der Waals surface area contributed by atoms with E-state index in [9.17, 15) is 14.9 Å². The van der Waals surface area contributed by atoms with Gasteiger partial charge in [-0.05, 0) is 24.1 Å². The van der Waals surface area contributed by atoms with Crippen molar-refractivity contribution < 1.29 is 14.5 Å². The number of carbonyl (C=O) groups is 1. The van der Waals surface area contributed by atoms with Crippen LogP contribution in [0, 0.1) is 10.1 Å². The van der Waals surface area contributed by atoms with Gasteiger partial charge in [-0.3, -0.25) is 10.1 Å². The number of hydrogen-bond donors (Lipinski definition) is 2. The number of methoxy groups -OCH3 is 1. The molecule has 0 radical (unpaired) electrons. The average Bonchev–Trinajstić information content (AvgIpc) is 2.74. The topological polar surface area (TPSA) is 119 Å². The van der Waals surface area contributed by atoms with Crippen LogP contribution >= 0.6 is 0 Å². The molecule has 0 aliphatic heterocycles. The number of ether oxygens (including phenoxy) is 1. The summed E-state index contributed by atoms with van der Waals surface area (Å²) in [5, 5.41) is 17.5. The Morgan fingerprint density at radius 2 is 1.76 bits per heavy atom. The molecule has 2 N–H and O–H groups in total. The molecule has 0 spiro atoms. The Kier molecular flexibility index (Phi) is 6.31. The van der Waals surface area contributed by atoms with E-state index in [0.29, 0.717) is 18.7 Å². The number of nitrogens with one attached hydrogen (secondary N) is 2. The third-order valence-electron chi connectivity index (χ3n) is 4.14. The lowest BCUT2D eigenvalue weighted by atomic mass is 10.1. The van der Waals surface area contributed by atoms with Crippen LogP contribution in [0.4, 0.5) is 23.0 Å². The Morgan fingerprint density at radius 1 is 1.07 bits per heavy atom. The van der Waals surface area contributed by atoms with Gasteiger partial charge in [-0.2, -0.15) is 0 Å². The summed E-state index contributed by atoms with van der Waals surface area (Å²) in [7, 11) is 1.26. The normalized spacial score (nSPS) is 10.2. The number of anilines is 3. The minimum absolute atomic E-state index is 0.0245. The lowest BCUT2D eigenvalue weighted by Crippen LogP contribution is -2.12. The maximum Gasteiger partial charge on any atom is 0.353 e. The van der Waals surface area contributed by atoms with Gasteiger partial charge in [-0.15, -0.1) is 0 Å². The molecule has 0 fully saturated rings. The molecule has 9 nitrogen and oxygen atoms in total. The van der Waals surface area contributed by atoms with Gasteiger partial charge in [0.2, 0.25) is 11.6 Å². The number of carbonyl (C=O) groups excluding carboxylic acids is 1. The third-order valence-corrected chi connectivity index (χ3v) is 4.14. The summed E-state index contributed by atoms with van der Waals surface area (Å²) >= 11 is 0. The fourth-order valence-electron chi connectivity index (χ4n) is 2.75. The summed E-state index contributed by atoms with van der Waals surface area (Å²) < 4.78 is 4.75. The maximum absolute atomic E-state index is 11.9. The molecular weight excluding hydrogens is 374 g/mol. The quantitative estimate of drug-likeness (QED) is 0.339. The molecule has 3 aromatic rings. The number of para-hydroxylation sites is 1. The molecule has 0 saturated carbocycles. The standard InChI is InChI=1S/C20H19N5O4/c1-29-20(26)15-9-5-6-10-16(15)24-19-17(25(27)28)18(22-13-23-19)21-12-11-14-7-3-2-4-8-14/h2-10,13H,11-12H2,1H3,(H2,21,22,23,24). The van der Waals surface area contributed by atoms with Crippen molar-refractivity contribution in [2.75, 3.05) is 24.3 Å². The summed E-state index contributed by atoms with van der Waals surface area (Å²) in [6.07, 6.45) is 1.90. The largest absolute Gasteiger partial charge is 0.465 e. The van der Waals surface area contributed by atoms with Crippen LogP contribution in [0.2, 0.25) is 0 Å². The van der Waals surface area contributed by atoms with E-state index in [4.69, 9.17) is 4.74 Å². The SMILES string of the molecule is COC(=O)c1ccccc1Nc1ncnc(NCCc2ccccc2)c1[N+](=O)[O-]. The van der Waals surface area contributed by atoms with E-state index in [1.165, 1.54) is 13.4 Å². The van der Waals surface area contributed by atoms with Crippen LogP contribution in [-0.2, 0) is 11.2 Å².